The third-order valence-electron chi connectivity index (χ3n) is 2.02. The van der Waals surface area contributed by atoms with Gasteiger partial charge in [0.25, 0.3) is 0 Å². The lowest BCUT2D eigenvalue weighted by Gasteiger charge is -2.19. The van der Waals surface area contributed by atoms with Gasteiger partial charge in [0.2, 0.25) is 15.2 Å². The summed E-state index contributed by atoms with van der Waals surface area (Å²) in [4.78, 5) is 0. The van der Waals surface area contributed by atoms with E-state index in [2.05, 4.69) is 0 Å². The summed E-state index contributed by atoms with van der Waals surface area (Å²) in [6, 6.07) is 0. The Balaban J connectivity index is 1.83. The molecule has 0 aliphatic carbocycles. The van der Waals surface area contributed by atoms with E-state index in [0.29, 0.717) is 37.2 Å². The maximum absolute atomic E-state index is 5.51. The fraction of sp³-hybridized carbons (Fsp3) is 0.444. The Morgan fingerprint density at radius 1 is 0.812 bits per heavy atom. The van der Waals surface area contributed by atoms with Gasteiger partial charge in [-0.15, -0.1) is 0 Å². The number of hydrogen-bond donors (Lipinski definition) is 0. The van der Waals surface area contributed by atoms with Gasteiger partial charge in [-0.1, -0.05) is 0 Å². The molecule has 7 heteroatoms. The van der Waals surface area contributed by atoms with Crippen molar-refractivity contribution in [3.63, 3.8) is 0 Å². The lowest BCUT2D eigenvalue weighted by molar-refractivity contribution is 0.0949. The van der Waals surface area contributed by atoms with Crippen LogP contribution in [0.4, 0.5) is 0 Å². The number of thioether (sulfide) groups is 2. The number of hydrogen-bond acceptors (Lipinski definition) is 7. The standard InChI is InChI=1S/C9H8O4S3/c14-6-5(10-1-2-11-6)9-15-7-8(16-9)13-4-3-12-7/h1-4H2. The van der Waals surface area contributed by atoms with Gasteiger partial charge >= 0.3 is 0 Å². The molecule has 1 fully saturated rings. The minimum absolute atomic E-state index is 0.418. The number of rotatable bonds is 0. The molecular formula is C9H8O4S3. The second-order valence-corrected chi connectivity index (χ2v) is 5.67. The third kappa shape index (κ3) is 1.87. The Hall–Kier alpha value is -0.530. The minimum Gasteiger partial charge on any atom is -0.484 e. The summed E-state index contributed by atoms with van der Waals surface area (Å²) in [7, 11) is 0. The molecule has 1 saturated heterocycles. The summed E-state index contributed by atoms with van der Waals surface area (Å²) < 4.78 is 22.7. The van der Waals surface area contributed by atoms with Crippen LogP contribution in [0.2, 0.25) is 0 Å². The predicted molar refractivity (Wildman–Crippen MR) is 65.6 cm³/mol. The molecule has 4 nitrogen and oxygen atoms in total. The summed E-state index contributed by atoms with van der Waals surface area (Å²) in [5.74, 6) is 0.637. The van der Waals surface area contributed by atoms with Gasteiger partial charge < -0.3 is 18.9 Å². The van der Waals surface area contributed by atoms with Crippen molar-refractivity contribution in [2.45, 2.75) is 0 Å². The monoisotopic (exact) mass is 276 g/mol. The molecule has 0 spiro atoms. The van der Waals surface area contributed by atoms with Crippen LogP contribution >= 0.6 is 35.7 Å². The van der Waals surface area contributed by atoms with Crippen molar-refractivity contribution in [2.75, 3.05) is 26.4 Å². The highest BCUT2D eigenvalue weighted by Crippen LogP contribution is 2.52. The van der Waals surface area contributed by atoms with Crippen molar-refractivity contribution < 1.29 is 18.9 Å². The summed E-state index contributed by atoms with van der Waals surface area (Å²) in [5, 5.41) is 2.02. The van der Waals surface area contributed by atoms with Crippen LogP contribution < -0.4 is 0 Å². The molecule has 0 N–H and O–H groups in total. The molecule has 86 valence electrons. The molecule has 0 aromatic rings. The van der Waals surface area contributed by atoms with E-state index < -0.39 is 0 Å². The molecule has 0 bridgehead atoms. The van der Waals surface area contributed by atoms with Gasteiger partial charge in [-0.3, -0.25) is 0 Å². The van der Waals surface area contributed by atoms with Crippen LogP contribution in [0.1, 0.15) is 0 Å². The second-order valence-electron chi connectivity index (χ2n) is 3.08. The lowest BCUT2D eigenvalue weighted by atomic mass is 10.5. The minimum atomic E-state index is 0.418. The van der Waals surface area contributed by atoms with E-state index in [0.717, 1.165) is 14.4 Å². The molecule has 3 aliphatic rings. The Morgan fingerprint density at radius 2 is 1.38 bits per heavy atom. The number of thiocarbonyl (C=S) groups is 1. The van der Waals surface area contributed by atoms with Crippen LogP contribution in [0.15, 0.2) is 20.2 Å². The zero-order chi connectivity index (χ0) is 11.0. The van der Waals surface area contributed by atoms with Gasteiger partial charge in [-0.2, -0.15) is 0 Å². The molecule has 0 atom stereocenters. The van der Waals surface area contributed by atoms with Crippen molar-refractivity contribution in [1.82, 2.24) is 0 Å². The van der Waals surface area contributed by atoms with Crippen molar-refractivity contribution in [1.29, 1.82) is 0 Å². The highest BCUT2D eigenvalue weighted by Gasteiger charge is 2.32. The van der Waals surface area contributed by atoms with E-state index in [1.807, 2.05) is 0 Å². The Labute approximate surface area is 106 Å². The summed E-state index contributed by atoms with van der Waals surface area (Å²) in [6.07, 6.45) is 0. The summed E-state index contributed by atoms with van der Waals surface area (Å²) >= 11 is 8.07. The van der Waals surface area contributed by atoms with Crippen LogP contribution in [-0.2, 0) is 18.9 Å². The van der Waals surface area contributed by atoms with Crippen LogP contribution in [-0.4, -0.2) is 31.5 Å². The van der Waals surface area contributed by atoms with Crippen molar-refractivity contribution in [3.8, 4) is 0 Å². The Morgan fingerprint density at radius 3 is 2.00 bits per heavy atom. The summed E-state index contributed by atoms with van der Waals surface area (Å²) in [6.45, 7) is 2.24. The Kier molecular flexibility index (Phi) is 2.91. The molecule has 3 heterocycles. The van der Waals surface area contributed by atoms with Gasteiger partial charge in [0.1, 0.15) is 30.7 Å². The molecule has 3 rings (SSSR count). The first-order valence-corrected chi connectivity index (χ1v) is 6.78. The van der Waals surface area contributed by atoms with Crippen LogP contribution in [0.5, 0.6) is 0 Å². The number of ether oxygens (including phenoxy) is 4. The normalized spacial score (nSPS) is 24.4. The van der Waals surface area contributed by atoms with Gasteiger partial charge in [0.15, 0.2) is 5.76 Å². The molecule has 16 heavy (non-hydrogen) atoms. The fourth-order valence-electron chi connectivity index (χ4n) is 1.36. The Bertz CT molecular complexity index is 382. The highest BCUT2D eigenvalue weighted by atomic mass is 32.2. The SMILES string of the molecule is S=C1OCCOC1=C1SC2=C(OCCO2)S1. The average Bonchev–Trinajstić information content (AvgIpc) is 2.73. The summed E-state index contributed by atoms with van der Waals surface area (Å²) in [5.41, 5.74) is 0. The average molecular weight is 276 g/mol. The lowest BCUT2D eigenvalue weighted by Crippen LogP contribution is -2.20. The molecule has 0 saturated carbocycles. The maximum Gasteiger partial charge on any atom is 0.229 e. The topological polar surface area (TPSA) is 36.9 Å². The van der Waals surface area contributed by atoms with Crippen LogP contribution in [0.3, 0.4) is 0 Å². The smallest absolute Gasteiger partial charge is 0.229 e. The molecule has 0 aromatic heterocycles. The van der Waals surface area contributed by atoms with Gasteiger partial charge in [0, 0.05) is 0 Å². The van der Waals surface area contributed by atoms with Gasteiger partial charge in [-0.25, -0.2) is 0 Å². The predicted octanol–water partition coefficient (Wildman–Crippen LogP) is 2.18. The highest BCUT2D eigenvalue weighted by molar-refractivity contribution is 8.28. The first-order chi connectivity index (χ1) is 7.84. The van der Waals surface area contributed by atoms with Gasteiger partial charge in [0.05, 0.1) is 0 Å². The molecular weight excluding hydrogens is 268 g/mol. The van der Waals surface area contributed by atoms with Gasteiger partial charge in [-0.05, 0) is 35.7 Å². The zero-order valence-electron chi connectivity index (χ0n) is 8.19. The fourth-order valence-corrected chi connectivity index (χ4v) is 3.99. The van der Waals surface area contributed by atoms with E-state index in [9.17, 15) is 0 Å². The van der Waals surface area contributed by atoms with Crippen LogP contribution in [0, 0.1) is 0 Å². The molecule has 3 aliphatic heterocycles. The zero-order valence-corrected chi connectivity index (χ0v) is 10.6. The quantitative estimate of drug-likeness (QED) is 0.496. The van der Waals surface area contributed by atoms with E-state index in [4.69, 9.17) is 31.2 Å². The molecule has 0 unspecified atom stereocenters. The van der Waals surface area contributed by atoms with Crippen LogP contribution in [0.25, 0.3) is 0 Å². The van der Waals surface area contributed by atoms with E-state index in [1.165, 1.54) is 23.5 Å². The first-order valence-electron chi connectivity index (χ1n) is 4.74. The van der Waals surface area contributed by atoms with Crippen molar-refractivity contribution in [3.05, 3.63) is 20.2 Å². The molecule has 0 aromatic carbocycles. The largest absolute Gasteiger partial charge is 0.484 e. The van der Waals surface area contributed by atoms with E-state index in [1.54, 1.807) is 0 Å². The van der Waals surface area contributed by atoms with Crippen molar-refractivity contribution >= 4 is 40.8 Å². The van der Waals surface area contributed by atoms with E-state index >= 15 is 0 Å². The third-order valence-corrected chi connectivity index (χ3v) is 4.67. The van der Waals surface area contributed by atoms with Crippen molar-refractivity contribution in [2.24, 2.45) is 0 Å². The second kappa shape index (κ2) is 4.38. The molecule has 0 radical (unpaired) electrons. The first kappa shape index (κ1) is 10.6. The maximum atomic E-state index is 5.51. The molecule has 0 amide bonds. The van der Waals surface area contributed by atoms with E-state index in [-0.39, 0.29) is 0 Å².